The van der Waals surface area contributed by atoms with Gasteiger partial charge in [-0.15, -0.1) is 0 Å². The molecule has 0 aromatic heterocycles. The molecule has 1 N–H and O–H groups in total. The summed E-state index contributed by atoms with van der Waals surface area (Å²) >= 11 is 0. The van der Waals surface area contributed by atoms with Crippen molar-refractivity contribution in [1.29, 1.82) is 0 Å². The third-order valence-electron chi connectivity index (χ3n) is 5.03. The lowest BCUT2D eigenvalue weighted by atomic mass is 10.1. The van der Waals surface area contributed by atoms with E-state index in [9.17, 15) is 14.4 Å². The number of imide groups is 2. The van der Waals surface area contributed by atoms with Crippen molar-refractivity contribution in [1.82, 2.24) is 5.32 Å². The van der Waals surface area contributed by atoms with Gasteiger partial charge in [-0.1, -0.05) is 35.4 Å². The number of aryl methyl sites for hydroxylation is 2. The van der Waals surface area contributed by atoms with Crippen LogP contribution in [0.5, 0.6) is 0 Å². The first-order valence-electron chi connectivity index (χ1n) is 10.3. The largest absolute Gasteiger partial charge is 0.335 e. The Hall–Kier alpha value is -4.46. The van der Waals surface area contributed by atoms with Crippen LogP contribution in [0.15, 0.2) is 88.0 Å². The normalized spacial score (nSPS) is 16.6. The maximum absolute atomic E-state index is 12.9. The quantitative estimate of drug-likeness (QED) is 0.330. The topological polar surface area (TPSA) is 104 Å². The van der Waals surface area contributed by atoms with E-state index < -0.39 is 23.8 Å². The van der Waals surface area contributed by atoms with E-state index in [0.29, 0.717) is 17.1 Å². The van der Waals surface area contributed by atoms with Gasteiger partial charge in [-0.2, -0.15) is 10.2 Å². The van der Waals surface area contributed by atoms with Crippen LogP contribution in [0.25, 0.3) is 0 Å². The molecular formula is C25H21N5O3. The first-order chi connectivity index (χ1) is 15.9. The highest BCUT2D eigenvalue weighted by molar-refractivity contribution is 6.32. The van der Waals surface area contributed by atoms with Gasteiger partial charge in [-0.3, -0.25) is 19.9 Å². The fraction of sp³-hybridized carbons (Fsp3) is 0.120. The van der Waals surface area contributed by atoms with Gasteiger partial charge < -0.3 is 0 Å². The van der Waals surface area contributed by atoms with E-state index in [1.807, 2.05) is 38.1 Å². The van der Waals surface area contributed by atoms with Crippen LogP contribution in [0.4, 0.5) is 27.5 Å². The smallest absolute Gasteiger partial charge is 0.276 e. The Kier molecular flexibility index (Phi) is 6.17. The van der Waals surface area contributed by atoms with Crippen molar-refractivity contribution in [3.63, 3.8) is 0 Å². The van der Waals surface area contributed by atoms with E-state index in [2.05, 4.69) is 20.5 Å². The molecule has 0 bridgehead atoms. The van der Waals surface area contributed by atoms with Crippen molar-refractivity contribution in [3.8, 4) is 0 Å². The fourth-order valence-electron chi connectivity index (χ4n) is 3.15. The molecule has 0 spiro atoms. The maximum Gasteiger partial charge on any atom is 0.335 e. The van der Waals surface area contributed by atoms with Gasteiger partial charge in [0.25, 0.3) is 5.91 Å². The third-order valence-corrected chi connectivity index (χ3v) is 5.03. The SMILES string of the molecule is Cc1ccc(N=Nc2ccc(N=C[C@H]3C(=O)NC(=O)N(c4ccc(C)cc4)C3=O)cc2)cc1. The molecule has 3 aromatic rings. The first kappa shape index (κ1) is 21.8. The number of benzene rings is 3. The highest BCUT2D eigenvalue weighted by Gasteiger charge is 2.40. The number of barbiturate groups is 1. The van der Waals surface area contributed by atoms with Crippen molar-refractivity contribution in [2.45, 2.75) is 13.8 Å². The van der Waals surface area contributed by atoms with Crippen molar-refractivity contribution < 1.29 is 14.4 Å². The molecule has 0 radical (unpaired) electrons. The second kappa shape index (κ2) is 9.35. The summed E-state index contributed by atoms with van der Waals surface area (Å²) in [7, 11) is 0. The molecule has 0 unspecified atom stereocenters. The number of aliphatic imine (C=N–C) groups is 1. The predicted octanol–water partition coefficient (Wildman–Crippen LogP) is 5.32. The minimum absolute atomic E-state index is 0.386. The molecule has 33 heavy (non-hydrogen) atoms. The second-order valence-electron chi connectivity index (χ2n) is 7.61. The molecule has 8 nitrogen and oxygen atoms in total. The summed E-state index contributed by atoms with van der Waals surface area (Å²) in [5.74, 6) is -2.58. The van der Waals surface area contributed by atoms with Crippen molar-refractivity contribution in [2.75, 3.05) is 4.90 Å². The lowest BCUT2D eigenvalue weighted by Gasteiger charge is -2.28. The fourth-order valence-corrected chi connectivity index (χ4v) is 3.15. The van der Waals surface area contributed by atoms with E-state index in [0.717, 1.165) is 21.7 Å². The lowest BCUT2D eigenvalue weighted by Crippen LogP contribution is -2.58. The van der Waals surface area contributed by atoms with Crippen LogP contribution in [-0.2, 0) is 9.59 Å². The van der Waals surface area contributed by atoms with Crippen LogP contribution >= 0.6 is 0 Å². The average Bonchev–Trinajstić information content (AvgIpc) is 2.80. The molecule has 1 aliphatic heterocycles. The third kappa shape index (κ3) is 5.07. The molecule has 4 amide bonds. The summed E-state index contributed by atoms with van der Waals surface area (Å²) in [6, 6.07) is 20.7. The Bertz CT molecular complexity index is 1250. The van der Waals surface area contributed by atoms with Gasteiger partial charge in [-0.05, 0) is 62.4 Å². The molecular weight excluding hydrogens is 418 g/mol. The molecule has 0 saturated carbocycles. The molecule has 3 aromatic carbocycles. The van der Waals surface area contributed by atoms with Gasteiger partial charge in [0, 0.05) is 6.21 Å². The van der Waals surface area contributed by atoms with Crippen molar-refractivity contribution >= 4 is 46.8 Å². The van der Waals surface area contributed by atoms with E-state index >= 15 is 0 Å². The molecule has 1 fully saturated rings. The Morgan fingerprint density at radius 2 is 1.21 bits per heavy atom. The van der Waals surface area contributed by atoms with Crippen LogP contribution in [0.2, 0.25) is 0 Å². The van der Waals surface area contributed by atoms with Gasteiger partial charge >= 0.3 is 6.03 Å². The summed E-state index contributed by atoms with van der Waals surface area (Å²) in [5.41, 5.74) is 4.43. The highest BCUT2D eigenvalue weighted by atomic mass is 16.2. The van der Waals surface area contributed by atoms with Crippen LogP contribution in [0, 0.1) is 19.8 Å². The molecule has 1 heterocycles. The number of nitrogens with one attached hydrogen (secondary N) is 1. The predicted molar refractivity (Wildman–Crippen MR) is 126 cm³/mol. The Labute approximate surface area is 190 Å². The van der Waals surface area contributed by atoms with Gasteiger partial charge in [0.05, 0.1) is 22.7 Å². The summed E-state index contributed by atoms with van der Waals surface area (Å²) in [5, 5.41) is 10.6. The number of urea groups is 1. The summed E-state index contributed by atoms with van der Waals surface area (Å²) < 4.78 is 0. The monoisotopic (exact) mass is 439 g/mol. The van der Waals surface area contributed by atoms with E-state index in [1.54, 1.807) is 48.5 Å². The number of rotatable bonds is 5. The Morgan fingerprint density at radius 3 is 1.79 bits per heavy atom. The minimum Gasteiger partial charge on any atom is -0.276 e. The van der Waals surface area contributed by atoms with Gasteiger partial charge in [-0.25, -0.2) is 9.69 Å². The average molecular weight is 439 g/mol. The summed E-state index contributed by atoms with van der Waals surface area (Å²) in [6.07, 6.45) is 1.24. The number of azo groups is 1. The lowest BCUT2D eigenvalue weighted by molar-refractivity contribution is -0.131. The molecule has 0 aliphatic carbocycles. The van der Waals surface area contributed by atoms with Gasteiger partial charge in [0.2, 0.25) is 5.91 Å². The molecule has 164 valence electrons. The molecule has 1 saturated heterocycles. The van der Waals surface area contributed by atoms with E-state index in [4.69, 9.17) is 0 Å². The van der Waals surface area contributed by atoms with E-state index in [1.165, 1.54) is 6.21 Å². The number of hydrogen-bond acceptors (Lipinski definition) is 6. The number of carbonyl (C=O) groups is 3. The van der Waals surface area contributed by atoms with Crippen molar-refractivity contribution in [2.24, 2.45) is 21.1 Å². The Balaban J connectivity index is 1.47. The summed E-state index contributed by atoms with van der Waals surface area (Å²) in [4.78, 5) is 42.6. The molecule has 1 aliphatic rings. The summed E-state index contributed by atoms with van der Waals surface area (Å²) in [6.45, 7) is 3.90. The molecule has 1 atom stereocenters. The number of nitrogens with zero attached hydrogens (tertiary/aromatic N) is 4. The van der Waals surface area contributed by atoms with Crippen LogP contribution < -0.4 is 10.2 Å². The van der Waals surface area contributed by atoms with Crippen LogP contribution in [0.1, 0.15) is 11.1 Å². The van der Waals surface area contributed by atoms with Gasteiger partial charge in [0.1, 0.15) is 0 Å². The zero-order valence-electron chi connectivity index (χ0n) is 18.1. The maximum atomic E-state index is 12.9. The molecule has 4 rings (SSSR count). The second-order valence-corrected chi connectivity index (χ2v) is 7.61. The number of amides is 4. The number of carbonyl (C=O) groups excluding carboxylic acids is 3. The Morgan fingerprint density at radius 1 is 0.727 bits per heavy atom. The van der Waals surface area contributed by atoms with Gasteiger partial charge in [0.15, 0.2) is 5.92 Å². The van der Waals surface area contributed by atoms with Crippen LogP contribution in [-0.4, -0.2) is 24.1 Å². The van der Waals surface area contributed by atoms with Crippen molar-refractivity contribution in [3.05, 3.63) is 83.9 Å². The highest BCUT2D eigenvalue weighted by Crippen LogP contribution is 2.24. The minimum atomic E-state index is -1.22. The van der Waals surface area contributed by atoms with E-state index in [-0.39, 0.29) is 0 Å². The van der Waals surface area contributed by atoms with Crippen LogP contribution in [0.3, 0.4) is 0 Å². The standard InChI is InChI=1S/C25H21N5O3/c1-16-3-7-19(8-4-16)28-29-20-11-9-18(10-12-20)26-15-22-23(31)27-25(33)30(24(22)32)21-13-5-17(2)6-14-21/h3-15,22H,1-2H3,(H,27,31,33)/t22-/m0/s1. The zero-order valence-corrected chi connectivity index (χ0v) is 18.1. The zero-order chi connectivity index (χ0) is 23.4. The number of anilines is 1. The molecule has 8 heteroatoms. The number of hydrogen-bond donors (Lipinski definition) is 1. The first-order valence-corrected chi connectivity index (χ1v) is 10.3.